The largest absolute Gasteiger partial charge is 0.310 e. The summed E-state index contributed by atoms with van der Waals surface area (Å²) in [6.07, 6.45) is 4.19. The minimum absolute atomic E-state index is 0.567. The van der Waals surface area contributed by atoms with E-state index in [1.54, 1.807) is 0 Å². The lowest BCUT2D eigenvalue weighted by molar-refractivity contribution is 0.485. The Morgan fingerprint density at radius 2 is 2.06 bits per heavy atom. The molecule has 0 heterocycles. The van der Waals surface area contributed by atoms with Crippen LogP contribution in [0.1, 0.15) is 48.9 Å². The summed E-state index contributed by atoms with van der Waals surface area (Å²) in [6.45, 7) is 7.72. The monoisotopic (exact) mass is 217 g/mol. The van der Waals surface area contributed by atoms with Crippen molar-refractivity contribution in [1.29, 1.82) is 0 Å². The van der Waals surface area contributed by atoms with Crippen LogP contribution in [0.5, 0.6) is 0 Å². The molecule has 0 aliphatic heterocycles. The number of aryl methyl sites for hydroxylation is 1. The van der Waals surface area contributed by atoms with E-state index >= 15 is 0 Å². The van der Waals surface area contributed by atoms with Gasteiger partial charge >= 0.3 is 0 Å². The fourth-order valence-corrected chi connectivity index (χ4v) is 2.40. The van der Waals surface area contributed by atoms with Crippen LogP contribution in [0.3, 0.4) is 0 Å². The van der Waals surface area contributed by atoms with Crippen LogP contribution in [-0.2, 0) is 0 Å². The van der Waals surface area contributed by atoms with Crippen LogP contribution in [0, 0.1) is 19.8 Å². The molecule has 0 radical (unpaired) electrons. The van der Waals surface area contributed by atoms with Gasteiger partial charge in [0, 0.05) is 6.04 Å². The van der Waals surface area contributed by atoms with Crippen LogP contribution in [0.15, 0.2) is 18.2 Å². The van der Waals surface area contributed by atoms with E-state index in [2.05, 4.69) is 44.3 Å². The first-order valence-electron chi connectivity index (χ1n) is 6.52. The van der Waals surface area contributed by atoms with Gasteiger partial charge < -0.3 is 5.32 Å². The van der Waals surface area contributed by atoms with Gasteiger partial charge in [-0.3, -0.25) is 0 Å². The lowest BCUT2D eigenvalue weighted by Crippen LogP contribution is -2.22. The molecule has 16 heavy (non-hydrogen) atoms. The molecular formula is C15H23N. The topological polar surface area (TPSA) is 12.0 Å². The average Bonchev–Trinajstić information content (AvgIpc) is 3.06. The molecule has 1 nitrogen and oxygen atoms in total. The van der Waals surface area contributed by atoms with Gasteiger partial charge in [0.05, 0.1) is 0 Å². The van der Waals surface area contributed by atoms with Gasteiger partial charge in [-0.05, 0) is 49.4 Å². The van der Waals surface area contributed by atoms with Gasteiger partial charge in [-0.1, -0.05) is 38.0 Å². The molecule has 1 N–H and O–H groups in total. The summed E-state index contributed by atoms with van der Waals surface area (Å²) in [5.74, 6) is 0.976. The van der Waals surface area contributed by atoms with Crippen LogP contribution in [0.2, 0.25) is 0 Å². The van der Waals surface area contributed by atoms with Crippen LogP contribution in [0.25, 0.3) is 0 Å². The zero-order chi connectivity index (χ0) is 11.5. The van der Waals surface area contributed by atoms with Crippen LogP contribution in [0.4, 0.5) is 0 Å². The number of hydrogen-bond acceptors (Lipinski definition) is 1. The van der Waals surface area contributed by atoms with E-state index in [0.717, 1.165) is 12.5 Å². The number of nitrogens with one attached hydrogen (secondary N) is 1. The molecule has 1 aliphatic carbocycles. The van der Waals surface area contributed by atoms with Crippen molar-refractivity contribution in [1.82, 2.24) is 5.32 Å². The highest BCUT2D eigenvalue weighted by molar-refractivity contribution is 5.35. The van der Waals surface area contributed by atoms with Gasteiger partial charge in [-0.15, -0.1) is 0 Å². The number of rotatable bonds is 5. The highest BCUT2D eigenvalue weighted by Gasteiger charge is 2.26. The molecule has 1 atom stereocenters. The van der Waals surface area contributed by atoms with Crippen LogP contribution in [-0.4, -0.2) is 6.54 Å². The molecule has 2 rings (SSSR count). The fraction of sp³-hybridized carbons (Fsp3) is 0.600. The Morgan fingerprint density at radius 3 is 2.69 bits per heavy atom. The van der Waals surface area contributed by atoms with Gasteiger partial charge in [0.1, 0.15) is 0 Å². The number of hydrogen-bond donors (Lipinski definition) is 1. The Morgan fingerprint density at radius 1 is 1.31 bits per heavy atom. The second-order valence-electron chi connectivity index (χ2n) is 5.08. The van der Waals surface area contributed by atoms with E-state index in [-0.39, 0.29) is 0 Å². The lowest BCUT2D eigenvalue weighted by Gasteiger charge is -2.21. The number of benzene rings is 1. The maximum Gasteiger partial charge on any atom is 0.0325 e. The smallest absolute Gasteiger partial charge is 0.0325 e. The maximum atomic E-state index is 3.64. The lowest BCUT2D eigenvalue weighted by atomic mass is 9.94. The van der Waals surface area contributed by atoms with E-state index in [4.69, 9.17) is 0 Å². The van der Waals surface area contributed by atoms with Crippen LogP contribution >= 0.6 is 0 Å². The summed E-state index contributed by atoms with van der Waals surface area (Å²) >= 11 is 0. The summed E-state index contributed by atoms with van der Waals surface area (Å²) in [5.41, 5.74) is 4.39. The first kappa shape index (κ1) is 11.7. The van der Waals surface area contributed by atoms with Gasteiger partial charge in [0.25, 0.3) is 0 Å². The van der Waals surface area contributed by atoms with Gasteiger partial charge in [-0.25, -0.2) is 0 Å². The van der Waals surface area contributed by atoms with E-state index < -0.39 is 0 Å². The molecule has 0 spiro atoms. The van der Waals surface area contributed by atoms with Gasteiger partial charge in [-0.2, -0.15) is 0 Å². The summed E-state index contributed by atoms with van der Waals surface area (Å²) in [4.78, 5) is 0. The third kappa shape index (κ3) is 2.65. The van der Waals surface area contributed by atoms with Crippen molar-refractivity contribution in [3.05, 3.63) is 34.9 Å². The standard InChI is InChI=1S/C15H23N/c1-4-16-15(10-13-8-9-13)14-7-5-6-11(2)12(14)3/h5-7,13,15-16H,4,8-10H2,1-3H3. The first-order chi connectivity index (χ1) is 7.72. The van der Waals surface area contributed by atoms with Crippen molar-refractivity contribution in [2.45, 2.75) is 46.1 Å². The Labute approximate surface area is 99.3 Å². The molecule has 1 aromatic rings. The summed E-state index contributed by atoms with van der Waals surface area (Å²) in [7, 11) is 0. The molecule has 0 aromatic heterocycles. The minimum atomic E-state index is 0.567. The Bertz CT molecular complexity index is 352. The average molecular weight is 217 g/mol. The summed E-state index contributed by atoms with van der Waals surface area (Å²) < 4.78 is 0. The molecule has 1 aromatic carbocycles. The highest BCUT2D eigenvalue weighted by atomic mass is 14.9. The van der Waals surface area contributed by atoms with Crippen molar-refractivity contribution < 1.29 is 0 Å². The predicted molar refractivity (Wildman–Crippen MR) is 69.7 cm³/mol. The molecule has 1 unspecified atom stereocenters. The molecule has 0 saturated heterocycles. The minimum Gasteiger partial charge on any atom is -0.310 e. The molecule has 1 fully saturated rings. The molecule has 1 aliphatic rings. The van der Waals surface area contributed by atoms with Crippen molar-refractivity contribution in [2.75, 3.05) is 6.54 Å². The zero-order valence-electron chi connectivity index (χ0n) is 10.7. The quantitative estimate of drug-likeness (QED) is 0.792. The fourth-order valence-electron chi connectivity index (χ4n) is 2.40. The summed E-state index contributed by atoms with van der Waals surface area (Å²) in [6, 6.07) is 7.25. The van der Waals surface area contributed by atoms with Crippen molar-refractivity contribution in [3.63, 3.8) is 0 Å². The summed E-state index contributed by atoms with van der Waals surface area (Å²) in [5, 5.41) is 3.64. The Hall–Kier alpha value is -0.820. The van der Waals surface area contributed by atoms with E-state index in [1.165, 1.54) is 36.0 Å². The Balaban J connectivity index is 2.18. The van der Waals surface area contributed by atoms with Crippen molar-refractivity contribution in [3.8, 4) is 0 Å². The Kier molecular flexibility index (Phi) is 3.65. The van der Waals surface area contributed by atoms with Crippen molar-refractivity contribution >= 4 is 0 Å². The van der Waals surface area contributed by atoms with Crippen LogP contribution < -0.4 is 5.32 Å². The molecule has 0 amide bonds. The van der Waals surface area contributed by atoms with Gasteiger partial charge in [0.2, 0.25) is 0 Å². The van der Waals surface area contributed by atoms with E-state index in [0.29, 0.717) is 6.04 Å². The second-order valence-corrected chi connectivity index (χ2v) is 5.08. The molecule has 1 heteroatoms. The van der Waals surface area contributed by atoms with E-state index in [1.807, 2.05) is 0 Å². The van der Waals surface area contributed by atoms with E-state index in [9.17, 15) is 0 Å². The first-order valence-corrected chi connectivity index (χ1v) is 6.52. The maximum absolute atomic E-state index is 3.64. The van der Waals surface area contributed by atoms with Gasteiger partial charge in [0.15, 0.2) is 0 Å². The molecule has 0 bridgehead atoms. The molecular weight excluding hydrogens is 194 g/mol. The molecule has 88 valence electrons. The zero-order valence-corrected chi connectivity index (χ0v) is 10.7. The predicted octanol–water partition coefficient (Wildman–Crippen LogP) is 3.75. The highest BCUT2D eigenvalue weighted by Crippen LogP contribution is 2.38. The third-order valence-electron chi connectivity index (χ3n) is 3.74. The second kappa shape index (κ2) is 5.01. The molecule has 1 saturated carbocycles. The SMILES string of the molecule is CCNC(CC1CC1)c1cccc(C)c1C. The third-order valence-corrected chi connectivity index (χ3v) is 3.74. The normalized spacial score (nSPS) is 17.4. The van der Waals surface area contributed by atoms with Crippen molar-refractivity contribution in [2.24, 2.45) is 5.92 Å².